The quantitative estimate of drug-likeness (QED) is 0.495. The number of alkyl carbamates (subject to hydrolysis) is 1. The minimum absolute atomic E-state index is 0.411. The molecule has 0 saturated heterocycles. The maximum absolute atomic E-state index is 11.3. The molecular formula is C15H19NO2S. The molecule has 0 saturated carbocycles. The second-order valence-electron chi connectivity index (χ2n) is 5.03. The maximum Gasteiger partial charge on any atom is 0.407 e. The largest absolute Gasteiger partial charge is 0.444 e. The van der Waals surface area contributed by atoms with E-state index in [4.69, 9.17) is 4.74 Å². The molecule has 0 aliphatic heterocycles. The number of benzene rings is 1. The fourth-order valence-corrected chi connectivity index (χ4v) is 1.51. The molecular weight excluding hydrogens is 258 g/mol. The summed E-state index contributed by atoms with van der Waals surface area (Å²) in [5.74, 6) is 6.01. The Labute approximate surface area is 120 Å². The van der Waals surface area contributed by atoms with E-state index >= 15 is 0 Å². The second kappa shape index (κ2) is 7.10. The molecule has 1 aromatic rings. The number of thiol groups is 1. The molecule has 0 bridgehead atoms. The first-order chi connectivity index (χ1) is 8.87. The highest BCUT2D eigenvalue weighted by Gasteiger charge is 2.15. The van der Waals surface area contributed by atoms with Gasteiger partial charge in [0.15, 0.2) is 0 Å². The monoisotopic (exact) mass is 277 g/mol. The summed E-state index contributed by atoms with van der Waals surface area (Å²) in [5.41, 5.74) is 0.452. The lowest BCUT2D eigenvalue weighted by molar-refractivity contribution is 0.0529. The van der Waals surface area contributed by atoms with Gasteiger partial charge in [0, 0.05) is 23.4 Å². The van der Waals surface area contributed by atoms with Crippen LogP contribution >= 0.6 is 12.6 Å². The second-order valence-corrected chi connectivity index (χ2v) is 5.55. The first kappa shape index (κ1) is 15.5. The number of nitrogens with one attached hydrogen (secondary N) is 1. The molecule has 102 valence electrons. The molecule has 0 heterocycles. The average molecular weight is 277 g/mol. The van der Waals surface area contributed by atoms with Crippen LogP contribution in [0, 0.1) is 11.8 Å². The summed E-state index contributed by atoms with van der Waals surface area (Å²) < 4.78 is 5.11. The van der Waals surface area contributed by atoms with Gasteiger partial charge >= 0.3 is 6.09 Å². The predicted octanol–water partition coefficient (Wildman–Crippen LogP) is 3.24. The van der Waals surface area contributed by atoms with Crippen molar-refractivity contribution in [1.82, 2.24) is 5.32 Å². The number of hydrogen-bond donors (Lipinski definition) is 2. The molecule has 1 amide bonds. The van der Waals surface area contributed by atoms with E-state index in [1.165, 1.54) is 0 Å². The smallest absolute Gasteiger partial charge is 0.407 e. The molecule has 19 heavy (non-hydrogen) atoms. The SMILES string of the molecule is CC(C)(C)OC(=O)NCCC#Cc1cccc(S)c1. The fraction of sp³-hybridized carbons (Fsp3) is 0.400. The Bertz CT molecular complexity index is 495. The molecule has 0 unspecified atom stereocenters. The molecule has 0 aliphatic carbocycles. The minimum atomic E-state index is -0.469. The van der Waals surface area contributed by atoms with Crippen LogP contribution in [0.1, 0.15) is 32.8 Å². The third-order valence-corrected chi connectivity index (χ3v) is 2.28. The van der Waals surface area contributed by atoms with Crippen LogP contribution in [0.5, 0.6) is 0 Å². The van der Waals surface area contributed by atoms with Crippen molar-refractivity contribution in [2.45, 2.75) is 37.7 Å². The van der Waals surface area contributed by atoms with Gasteiger partial charge in [-0.15, -0.1) is 12.6 Å². The van der Waals surface area contributed by atoms with Crippen molar-refractivity contribution in [3.63, 3.8) is 0 Å². The average Bonchev–Trinajstić information content (AvgIpc) is 2.26. The van der Waals surface area contributed by atoms with Crippen LogP contribution in [0.25, 0.3) is 0 Å². The first-order valence-electron chi connectivity index (χ1n) is 6.11. The van der Waals surface area contributed by atoms with Gasteiger partial charge in [0.1, 0.15) is 5.60 Å². The van der Waals surface area contributed by atoms with Gasteiger partial charge in [-0.1, -0.05) is 17.9 Å². The molecule has 3 nitrogen and oxygen atoms in total. The summed E-state index contributed by atoms with van der Waals surface area (Å²) in [7, 11) is 0. The van der Waals surface area contributed by atoms with Gasteiger partial charge < -0.3 is 10.1 Å². The van der Waals surface area contributed by atoms with Crippen molar-refractivity contribution in [3.05, 3.63) is 29.8 Å². The highest BCUT2D eigenvalue weighted by atomic mass is 32.1. The summed E-state index contributed by atoms with van der Waals surface area (Å²) in [6.45, 7) is 5.97. The summed E-state index contributed by atoms with van der Waals surface area (Å²) in [6.07, 6.45) is 0.169. The Morgan fingerprint density at radius 2 is 2.16 bits per heavy atom. The zero-order valence-corrected chi connectivity index (χ0v) is 12.4. The van der Waals surface area contributed by atoms with E-state index in [1.807, 2.05) is 45.0 Å². The third kappa shape index (κ3) is 7.43. The van der Waals surface area contributed by atoms with Crippen molar-refractivity contribution in [2.75, 3.05) is 6.54 Å². The van der Waals surface area contributed by atoms with Crippen molar-refractivity contribution >= 4 is 18.7 Å². The number of hydrogen-bond acceptors (Lipinski definition) is 3. The van der Waals surface area contributed by atoms with Gasteiger partial charge in [-0.2, -0.15) is 0 Å². The van der Waals surface area contributed by atoms with Gasteiger partial charge in [-0.05, 0) is 39.0 Å². The summed E-state index contributed by atoms with van der Waals surface area (Å²) in [6, 6.07) is 7.63. The lowest BCUT2D eigenvalue weighted by atomic mass is 10.2. The number of ether oxygens (including phenoxy) is 1. The molecule has 0 radical (unpaired) electrons. The summed E-state index contributed by atoms with van der Waals surface area (Å²) in [5, 5.41) is 2.66. The molecule has 4 heteroatoms. The molecule has 0 aromatic heterocycles. The normalized spacial score (nSPS) is 10.3. The number of carbonyl (C=O) groups excluding carboxylic acids is 1. The van der Waals surface area contributed by atoms with E-state index in [1.54, 1.807) is 0 Å². The highest BCUT2D eigenvalue weighted by molar-refractivity contribution is 7.80. The van der Waals surface area contributed by atoms with E-state index in [2.05, 4.69) is 29.8 Å². The summed E-state index contributed by atoms with van der Waals surface area (Å²) >= 11 is 4.24. The molecule has 0 spiro atoms. The van der Waals surface area contributed by atoms with Gasteiger partial charge in [-0.3, -0.25) is 0 Å². The maximum atomic E-state index is 11.3. The van der Waals surface area contributed by atoms with Gasteiger partial charge in [0.25, 0.3) is 0 Å². The molecule has 0 atom stereocenters. The summed E-state index contributed by atoms with van der Waals surface area (Å²) in [4.78, 5) is 12.2. The number of carbonyl (C=O) groups is 1. The molecule has 1 N–H and O–H groups in total. The third-order valence-electron chi connectivity index (χ3n) is 2.00. The Morgan fingerprint density at radius 3 is 2.79 bits per heavy atom. The minimum Gasteiger partial charge on any atom is -0.444 e. The van der Waals surface area contributed by atoms with Crippen LogP contribution in [0.15, 0.2) is 29.2 Å². The van der Waals surface area contributed by atoms with E-state index in [9.17, 15) is 4.79 Å². The van der Waals surface area contributed by atoms with E-state index in [-0.39, 0.29) is 0 Å². The van der Waals surface area contributed by atoms with Crippen LogP contribution in [0.3, 0.4) is 0 Å². The Morgan fingerprint density at radius 1 is 1.42 bits per heavy atom. The van der Waals surface area contributed by atoms with Gasteiger partial charge in [0.2, 0.25) is 0 Å². The predicted molar refractivity (Wildman–Crippen MR) is 79.4 cm³/mol. The lowest BCUT2D eigenvalue weighted by Crippen LogP contribution is -2.32. The topological polar surface area (TPSA) is 38.3 Å². The van der Waals surface area contributed by atoms with Crippen LogP contribution < -0.4 is 5.32 Å². The first-order valence-corrected chi connectivity index (χ1v) is 6.56. The van der Waals surface area contributed by atoms with Gasteiger partial charge in [0.05, 0.1) is 0 Å². The van der Waals surface area contributed by atoms with Crippen molar-refractivity contribution in [1.29, 1.82) is 0 Å². The highest BCUT2D eigenvalue weighted by Crippen LogP contribution is 2.07. The molecule has 0 aliphatic rings. The Kier molecular flexibility index (Phi) is 5.78. The number of rotatable bonds is 2. The molecule has 1 aromatic carbocycles. The van der Waals surface area contributed by atoms with Crippen LogP contribution in [-0.2, 0) is 4.74 Å². The number of amides is 1. The van der Waals surface area contributed by atoms with E-state index in [0.29, 0.717) is 13.0 Å². The molecule has 0 fully saturated rings. The van der Waals surface area contributed by atoms with Crippen molar-refractivity contribution in [2.24, 2.45) is 0 Å². The molecule has 1 rings (SSSR count). The van der Waals surface area contributed by atoms with Crippen molar-refractivity contribution < 1.29 is 9.53 Å². The lowest BCUT2D eigenvalue weighted by Gasteiger charge is -2.19. The Hall–Kier alpha value is -1.60. The Balaban J connectivity index is 2.30. The van der Waals surface area contributed by atoms with Crippen LogP contribution in [0.2, 0.25) is 0 Å². The zero-order valence-electron chi connectivity index (χ0n) is 11.5. The van der Waals surface area contributed by atoms with Crippen molar-refractivity contribution in [3.8, 4) is 11.8 Å². The van der Waals surface area contributed by atoms with E-state index in [0.717, 1.165) is 10.5 Å². The van der Waals surface area contributed by atoms with Crippen LogP contribution in [-0.4, -0.2) is 18.2 Å². The van der Waals surface area contributed by atoms with Crippen LogP contribution in [0.4, 0.5) is 4.79 Å². The van der Waals surface area contributed by atoms with Gasteiger partial charge in [-0.25, -0.2) is 4.79 Å². The fourth-order valence-electron chi connectivity index (χ4n) is 1.29. The zero-order chi connectivity index (χ0) is 14.3. The van der Waals surface area contributed by atoms with E-state index < -0.39 is 11.7 Å². The standard InChI is InChI=1S/C15H19NO2S/c1-15(2,3)18-14(17)16-10-5-4-7-12-8-6-9-13(19)11-12/h6,8-9,11,19H,5,10H2,1-3H3,(H,16,17).